The van der Waals surface area contributed by atoms with Crippen LogP contribution in [0, 0.1) is 45.3 Å². The lowest BCUT2D eigenvalue weighted by atomic mass is 9.35. The Labute approximate surface area is 225 Å². The predicted molar refractivity (Wildman–Crippen MR) is 145 cm³/mol. The van der Waals surface area contributed by atoms with E-state index in [1.165, 1.54) is 6.42 Å². The van der Waals surface area contributed by atoms with Crippen LogP contribution in [-0.4, -0.2) is 45.7 Å². The zero-order valence-electron chi connectivity index (χ0n) is 25.0. The SMILES string of the molecule is CC(=O)O[C@@H]1C[C@@H]2[C@@H]([C@@]3(C)CC[C@@H](C(C)(C)O)O3)CC[C@@]2(C)[C@]2(C)CC[C@H]3C(C)(C)[C@@H](O)CC[C@]3(C)[C@H]12. The molecule has 1 saturated heterocycles. The highest BCUT2D eigenvalue weighted by Gasteiger charge is 2.72. The van der Waals surface area contributed by atoms with Crippen LogP contribution in [0.5, 0.6) is 0 Å². The molecule has 212 valence electrons. The molecule has 37 heavy (non-hydrogen) atoms. The Morgan fingerprint density at radius 3 is 2.14 bits per heavy atom. The van der Waals surface area contributed by atoms with Gasteiger partial charge in [-0.25, -0.2) is 0 Å². The number of aliphatic hydroxyl groups is 2. The van der Waals surface area contributed by atoms with E-state index in [1.54, 1.807) is 6.92 Å². The maximum atomic E-state index is 12.5. The zero-order valence-corrected chi connectivity index (χ0v) is 25.0. The summed E-state index contributed by atoms with van der Waals surface area (Å²) in [5.74, 6) is 1.36. The molecule has 5 nitrogen and oxygen atoms in total. The second-order valence-electron chi connectivity index (χ2n) is 16.0. The van der Waals surface area contributed by atoms with Crippen LogP contribution in [0.1, 0.15) is 120 Å². The number of hydrogen-bond acceptors (Lipinski definition) is 5. The summed E-state index contributed by atoms with van der Waals surface area (Å²) in [5.41, 5.74) is -1.00. The number of carbonyl (C=O) groups is 1. The Balaban J connectivity index is 1.54. The van der Waals surface area contributed by atoms with E-state index in [4.69, 9.17) is 9.47 Å². The van der Waals surface area contributed by atoms with E-state index in [2.05, 4.69) is 41.5 Å². The van der Waals surface area contributed by atoms with Crippen molar-refractivity contribution in [2.75, 3.05) is 0 Å². The molecule has 0 amide bonds. The van der Waals surface area contributed by atoms with Crippen LogP contribution in [0.3, 0.4) is 0 Å². The van der Waals surface area contributed by atoms with E-state index in [9.17, 15) is 15.0 Å². The summed E-state index contributed by atoms with van der Waals surface area (Å²) in [6.07, 6.45) is 8.65. The number of rotatable bonds is 3. The van der Waals surface area contributed by atoms with Gasteiger partial charge in [0.1, 0.15) is 6.10 Å². The minimum Gasteiger partial charge on any atom is -0.462 e. The van der Waals surface area contributed by atoms with Gasteiger partial charge in [0.05, 0.1) is 23.4 Å². The van der Waals surface area contributed by atoms with E-state index in [-0.39, 0.29) is 57.5 Å². The van der Waals surface area contributed by atoms with Gasteiger partial charge >= 0.3 is 5.97 Å². The summed E-state index contributed by atoms with van der Waals surface area (Å²) in [7, 11) is 0. The van der Waals surface area contributed by atoms with Crippen LogP contribution in [0.25, 0.3) is 0 Å². The molecule has 5 heteroatoms. The molecule has 0 bridgehead atoms. The second-order valence-corrected chi connectivity index (χ2v) is 16.0. The molecule has 0 unspecified atom stereocenters. The van der Waals surface area contributed by atoms with Gasteiger partial charge in [0.15, 0.2) is 0 Å². The monoisotopic (exact) mass is 518 g/mol. The molecule has 1 aliphatic heterocycles. The summed E-state index contributed by atoms with van der Waals surface area (Å²) in [5, 5.41) is 21.7. The fraction of sp³-hybridized carbons (Fsp3) is 0.969. The Morgan fingerprint density at radius 1 is 0.892 bits per heavy atom. The number of ether oxygens (including phenoxy) is 2. The quantitative estimate of drug-likeness (QED) is 0.430. The van der Waals surface area contributed by atoms with Crippen molar-refractivity contribution >= 4 is 5.97 Å². The van der Waals surface area contributed by atoms with Crippen molar-refractivity contribution in [3.63, 3.8) is 0 Å². The van der Waals surface area contributed by atoms with Gasteiger partial charge in [-0.2, -0.15) is 0 Å². The van der Waals surface area contributed by atoms with Crippen molar-refractivity contribution in [1.82, 2.24) is 0 Å². The molecule has 1 heterocycles. The van der Waals surface area contributed by atoms with Crippen molar-refractivity contribution in [1.29, 1.82) is 0 Å². The first-order valence-corrected chi connectivity index (χ1v) is 15.2. The molecular weight excluding hydrogens is 464 g/mol. The summed E-state index contributed by atoms with van der Waals surface area (Å²) < 4.78 is 13.1. The highest BCUT2D eigenvalue weighted by atomic mass is 16.5. The molecule has 4 aliphatic carbocycles. The number of esters is 1. The van der Waals surface area contributed by atoms with Crippen molar-refractivity contribution in [2.24, 2.45) is 45.3 Å². The Morgan fingerprint density at radius 2 is 1.54 bits per heavy atom. The van der Waals surface area contributed by atoms with E-state index < -0.39 is 5.60 Å². The molecule has 0 aromatic rings. The van der Waals surface area contributed by atoms with Gasteiger partial charge in [0.2, 0.25) is 0 Å². The van der Waals surface area contributed by atoms with Crippen LogP contribution in [0.4, 0.5) is 0 Å². The zero-order chi connectivity index (χ0) is 27.4. The molecule has 0 aromatic heterocycles. The topological polar surface area (TPSA) is 76.0 Å². The molecule has 5 fully saturated rings. The number of aliphatic hydroxyl groups excluding tert-OH is 1. The normalized spacial score (nSPS) is 53.2. The lowest BCUT2D eigenvalue weighted by Crippen LogP contribution is -2.68. The van der Waals surface area contributed by atoms with Crippen molar-refractivity contribution in [3.05, 3.63) is 0 Å². The van der Waals surface area contributed by atoms with Gasteiger partial charge in [0.25, 0.3) is 0 Å². The third kappa shape index (κ3) is 3.83. The summed E-state index contributed by atoms with van der Waals surface area (Å²) in [4.78, 5) is 12.5. The van der Waals surface area contributed by atoms with Gasteiger partial charge in [-0.1, -0.05) is 34.6 Å². The van der Waals surface area contributed by atoms with Crippen LogP contribution in [-0.2, 0) is 14.3 Å². The average Bonchev–Trinajstić information content (AvgIpc) is 3.33. The Kier molecular flexibility index (Phi) is 6.35. The molecule has 0 spiro atoms. The number of hydrogen-bond donors (Lipinski definition) is 2. The molecule has 0 radical (unpaired) electrons. The molecule has 5 aliphatic rings. The Bertz CT molecular complexity index is 923. The van der Waals surface area contributed by atoms with Crippen LogP contribution in [0.2, 0.25) is 0 Å². The first kappa shape index (κ1) is 27.9. The van der Waals surface area contributed by atoms with Crippen LogP contribution >= 0.6 is 0 Å². The lowest BCUT2D eigenvalue weighted by molar-refractivity contribution is -0.261. The van der Waals surface area contributed by atoms with Gasteiger partial charge < -0.3 is 19.7 Å². The average molecular weight is 519 g/mol. The van der Waals surface area contributed by atoms with Gasteiger partial charge in [-0.3, -0.25) is 4.79 Å². The predicted octanol–water partition coefficient (Wildman–Crippen LogP) is 6.28. The van der Waals surface area contributed by atoms with E-state index >= 15 is 0 Å². The van der Waals surface area contributed by atoms with Crippen LogP contribution in [0.15, 0.2) is 0 Å². The minimum atomic E-state index is -0.838. The van der Waals surface area contributed by atoms with Gasteiger partial charge in [0, 0.05) is 12.8 Å². The summed E-state index contributed by atoms with van der Waals surface area (Å²) >= 11 is 0. The maximum absolute atomic E-state index is 12.5. The molecular formula is C32H54O5. The van der Waals surface area contributed by atoms with Gasteiger partial charge in [-0.15, -0.1) is 0 Å². The third-order valence-electron chi connectivity index (χ3n) is 13.5. The van der Waals surface area contributed by atoms with E-state index in [0.717, 1.165) is 51.4 Å². The largest absolute Gasteiger partial charge is 0.462 e. The molecule has 2 N–H and O–H groups in total. The fourth-order valence-corrected chi connectivity index (χ4v) is 11.4. The molecule has 5 rings (SSSR count). The maximum Gasteiger partial charge on any atom is 0.302 e. The fourth-order valence-electron chi connectivity index (χ4n) is 11.4. The highest BCUT2D eigenvalue weighted by molar-refractivity contribution is 5.66. The molecule has 0 aromatic carbocycles. The first-order valence-electron chi connectivity index (χ1n) is 15.2. The standard InChI is InChI=1S/C32H54O5/c1-19(33)36-22-18-21-20(32(9)17-13-25(37-32)28(4,5)35)10-15-30(21,7)31(8)16-11-23-27(2,3)24(34)12-14-29(23,6)26(22)31/h20-26,34-35H,10-18H2,1-9H3/t20-,21+,22+,23-,24-,25-,26-,29-,30+,31+,32+/m0/s1. The van der Waals surface area contributed by atoms with Crippen LogP contribution < -0.4 is 0 Å². The second kappa shape index (κ2) is 8.43. The highest BCUT2D eigenvalue weighted by Crippen LogP contribution is 2.76. The van der Waals surface area contributed by atoms with Crippen molar-refractivity contribution in [2.45, 2.75) is 150 Å². The smallest absolute Gasteiger partial charge is 0.302 e. The first-order chi connectivity index (χ1) is 16.9. The molecule has 4 saturated carbocycles. The summed E-state index contributed by atoms with van der Waals surface area (Å²) in [6, 6.07) is 0. The Hall–Kier alpha value is -0.650. The van der Waals surface area contributed by atoms with E-state index in [0.29, 0.717) is 17.8 Å². The van der Waals surface area contributed by atoms with Gasteiger partial charge in [-0.05, 0) is 118 Å². The minimum absolute atomic E-state index is 0.0294. The van der Waals surface area contributed by atoms with Crippen molar-refractivity contribution in [3.8, 4) is 0 Å². The van der Waals surface area contributed by atoms with Crippen molar-refractivity contribution < 1.29 is 24.5 Å². The van der Waals surface area contributed by atoms with E-state index in [1.807, 2.05) is 13.8 Å². The number of fused-ring (bicyclic) bond motifs is 5. The number of carbonyl (C=O) groups excluding carboxylic acids is 1. The third-order valence-corrected chi connectivity index (χ3v) is 13.5. The summed E-state index contributed by atoms with van der Waals surface area (Å²) in [6.45, 7) is 19.7. The molecule has 11 atom stereocenters. The lowest BCUT2D eigenvalue weighted by Gasteiger charge is -2.71.